The Kier molecular flexibility index (Phi) is 7.65. The largest absolute Gasteiger partial charge is 0.416 e. The second kappa shape index (κ2) is 9.74. The summed E-state index contributed by atoms with van der Waals surface area (Å²) in [5, 5.41) is -1.67. The molecule has 2 aromatic carbocycles. The first-order chi connectivity index (χ1) is 16.1. The summed E-state index contributed by atoms with van der Waals surface area (Å²) in [5.41, 5.74) is -0.960. The summed E-state index contributed by atoms with van der Waals surface area (Å²) >= 11 is 6.19. The number of likely N-dealkylation sites (tertiary alicyclic amines) is 1. The van der Waals surface area contributed by atoms with Crippen LogP contribution in [0.15, 0.2) is 52.3 Å². The molecule has 1 heterocycles. The van der Waals surface area contributed by atoms with Crippen molar-refractivity contribution in [2.45, 2.75) is 53.7 Å². The number of carbonyl (C=O) groups excluding carboxylic acids is 1. The predicted molar refractivity (Wildman–Crippen MR) is 126 cm³/mol. The summed E-state index contributed by atoms with van der Waals surface area (Å²) in [6.45, 7) is 4.85. The molecule has 1 aliphatic rings. The number of rotatable bonds is 7. The molecule has 1 saturated heterocycles. The van der Waals surface area contributed by atoms with E-state index >= 15 is 0 Å². The Morgan fingerprint density at radius 3 is 2.14 bits per heavy atom. The molecule has 192 valence electrons. The van der Waals surface area contributed by atoms with Gasteiger partial charge < -0.3 is 4.90 Å². The molecular weight excluding hydrogens is 527 g/mol. The first-order valence-corrected chi connectivity index (χ1v) is 14.3. The number of sulfone groups is 2. The van der Waals surface area contributed by atoms with Gasteiger partial charge in [-0.3, -0.25) is 4.79 Å². The molecule has 35 heavy (non-hydrogen) atoms. The summed E-state index contributed by atoms with van der Waals surface area (Å²) in [6, 6.07) is 7.49. The molecule has 3 rings (SSSR count). The van der Waals surface area contributed by atoms with Crippen molar-refractivity contribution in [3.63, 3.8) is 0 Å². The monoisotopic (exact) mass is 551 g/mol. The molecule has 0 bridgehead atoms. The maximum absolute atomic E-state index is 13.1. The Hall–Kier alpha value is -2.11. The van der Waals surface area contributed by atoms with E-state index in [1.54, 1.807) is 6.92 Å². The van der Waals surface area contributed by atoms with Crippen LogP contribution < -0.4 is 0 Å². The number of alkyl halides is 3. The van der Waals surface area contributed by atoms with Gasteiger partial charge in [-0.15, -0.1) is 0 Å². The van der Waals surface area contributed by atoms with Crippen LogP contribution in [-0.2, 0) is 25.9 Å². The molecule has 1 fully saturated rings. The minimum Gasteiger partial charge on any atom is -0.338 e. The van der Waals surface area contributed by atoms with Crippen LogP contribution in [0.1, 0.15) is 43.1 Å². The van der Waals surface area contributed by atoms with Gasteiger partial charge in [0.1, 0.15) is 0 Å². The molecule has 0 spiro atoms. The third kappa shape index (κ3) is 5.36. The summed E-state index contributed by atoms with van der Waals surface area (Å²) in [5.74, 6) is -0.950. The SMILES string of the molecule is CCC(C1CN(C(=O)c2ccc(S(=O)(=O)C(C)C)cc2Cl)C1)S(=O)(=O)c1cccc(C(F)(F)F)c1. The molecule has 0 saturated carbocycles. The quantitative estimate of drug-likeness (QED) is 0.490. The lowest BCUT2D eigenvalue weighted by atomic mass is 9.93. The molecule has 0 aliphatic carbocycles. The zero-order valence-electron chi connectivity index (χ0n) is 19.2. The van der Waals surface area contributed by atoms with Crippen molar-refractivity contribution in [1.82, 2.24) is 4.90 Å². The fourth-order valence-corrected chi connectivity index (χ4v) is 7.47. The van der Waals surface area contributed by atoms with Crippen molar-refractivity contribution >= 4 is 37.2 Å². The normalized spacial score (nSPS) is 16.3. The summed E-state index contributed by atoms with van der Waals surface area (Å²) in [6.07, 6.45) is -4.51. The summed E-state index contributed by atoms with van der Waals surface area (Å²) in [7, 11) is -7.66. The second-order valence-electron chi connectivity index (χ2n) is 8.72. The number of amides is 1. The fourth-order valence-electron chi connectivity index (χ4n) is 4.03. The summed E-state index contributed by atoms with van der Waals surface area (Å²) in [4.78, 5) is 13.9. The number of carbonyl (C=O) groups is 1. The van der Waals surface area contributed by atoms with Crippen LogP contribution in [0.5, 0.6) is 0 Å². The number of halogens is 4. The zero-order valence-corrected chi connectivity index (χ0v) is 21.6. The van der Waals surface area contributed by atoms with Gasteiger partial charge in [-0.2, -0.15) is 13.2 Å². The van der Waals surface area contributed by atoms with Crippen molar-refractivity contribution in [2.75, 3.05) is 13.1 Å². The van der Waals surface area contributed by atoms with Crippen molar-refractivity contribution < 1.29 is 34.8 Å². The van der Waals surface area contributed by atoms with Crippen LogP contribution >= 0.6 is 11.6 Å². The lowest BCUT2D eigenvalue weighted by molar-refractivity contribution is -0.137. The van der Waals surface area contributed by atoms with Crippen molar-refractivity contribution in [1.29, 1.82) is 0 Å². The second-order valence-corrected chi connectivity index (χ2v) is 13.8. The molecule has 12 heteroatoms. The molecule has 1 amide bonds. The molecule has 0 radical (unpaired) electrons. The van der Waals surface area contributed by atoms with E-state index in [0.29, 0.717) is 6.07 Å². The highest BCUT2D eigenvalue weighted by Crippen LogP contribution is 2.35. The van der Waals surface area contributed by atoms with E-state index < -0.39 is 58.6 Å². The Bertz CT molecular complexity index is 1340. The minimum atomic E-state index is -4.67. The van der Waals surface area contributed by atoms with E-state index in [1.165, 1.54) is 36.9 Å². The van der Waals surface area contributed by atoms with Crippen LogP contribution in [0.2, 0.25) is 5.02 Å². The highest BCUT2D eigenvalue weighted by atomic mass is 35.5. The molecule has 1 aliphatic heterocycles. The smallest absolute Gasteiger partial charge is 0.338 e. The van der Waals surface area contributed by atoms with Gasteiger partial charge in [0.25, 0.3) is 5.91 Å². The molecular formula is C23H25ClF3NO5S2. The van der Waals surface area contributed by atoms with E-state index in [2.05, 4.69) is 0 Å². The fraction of sp³-hybridized carbons (Fsp3) is 0.435. The zero-order chi connectivity index (χ0) is 26.3. The standard InChI is InChI=1S/C23H25ClF3NO5S2/c1-4-21(35(32,33)17-7-5-6-16(10-17)23(25,26)27)15-12-28(13-15)22(29)19-9-8-18(11-20(19)24)34(30,31)14(2)3/h5-11,14-15,21H,4,12-13H2,1-3H3. The average Bonchev–Trinajstić information content (AvgIpc) is 2.74. The van der Waals surface area contributed by atoms with Gasteiger partial charge in [0.15, 0.2) is 19.7 Å². The number of hydrogen-bond acceptors (Lipinski definition) is 5. The molecule has 0 aromatic heterocycles. The number of benzene rings is 2. The Balaban J connectivity index is 1.77. The van der Waals surface area contributed by atoms with Gasteiger partial charge in [0.2, 0.25) is 0 Å². The van der Waals surface area contributed by atoms with E-state index in [0.717, 1.165) is 18.2 Å². The van der Waals surface area contributed by atoms with Crippen molar-refractivity contribution in [3.05, 3.63) is 58.6 Å². The predicted octanol–water partition coefficient (Wildman–Crippen LogP) is 4.87. The lowest BCUT2D eigenvalue weighted by Gasteiger charge is -2.43. The van der Waals surface area contributed by atoms with Crippen LogP contribution in [0, 0.1) is 5.92 Å². The maximum atomic E-state index is 13.1. The molecule has 6 nitrogen and oxygen atoms in total. The van der Waals surface area contributed by atoms with Gasteiger partial charge in [0, 0.05) is 19.0 Å². The average molecular weight is 552 g/mol. The minimum absolute atomic E-state index is 0.00577. The van der Waals surface area contributed by atoms with Crippen LogP contribution in [-0.4, -0.2) is 51.2 Å². The third-order valence-corrected chi connectivity index (χ3v) is 11.0. The Morgan fingerprint density at radius 1 is 1.03 bits per heavy atom. The van der Waals surface area contributed by atoms with Gasteiger partial charge in [-0.05, 0) is 56.7 Å². The van der Waals surface area contributed by atoms with Gasteiger partial charge in [-0.25, -0.2) is 16.8 Å². The van der Waals surface area contributed by atoms with E-state index in [1.807, 2.05) is 0 Å². The van der Waals surface area contributed by atoms with Gasteiger partial charge in [0.05, 0.1) is 36.4 Å². The molecule has 1 unspecified atom stereocenters. The number of nitrogens with zero attached hydrogens (tertiary/aromatic N) is 1. The molecule has 2 aromatic rings. The first kappa shape index (κ1) is 27.5. The van der Waals surface area contributed by atoms with Crippen LogP contribution in [0.25, 0.3) is 0 Å². The summed E-state index contributed by atoms with van der Waals surface area (Å²) < 4.78 is 90.1. The van der Waals surface area contributed by atoms with E-state index in [9.17, 15) is 34.8 Å². The van der Waals surface area contributed by atoms with Crippen LogP contribution in [0.4, 0.5) is 13.2 Å². The highest BCUT2D eigenvalue weighted by Gasteiger charge is 2.43. The first-order valence-electron chi connectivity index (χ1n) is 10.8. The topological polar surface area (TPSA) is 88.6 Å². The van der Waals surface area contributed by atoms with E-state index in [-0.39, 0.29) is 35.0 Å². The Labute approximate surface area is 207 Å². The van der Waals surface area contributed by atoms with Gasteiger partial charge in [-0.1, -0.05) is 24.6 Å². The molecule has 0 N–H and O–H groups in total. The van der Waals surface area contributed by atoms with Crippen molar-refractivity contribution in [3.8, 4) is 0 Å². The van der Waals surface area contributed by atoms with E-state index in [4.69, 9.17) is 11.6 Å². The van der Waals surface area contributed by atoms with Gasteiger partial charge >= 0.3 is 6.18 Å². The molecule has 1 atom stereocenters. The highest BCUT2D eigenvalue weighted by molar-refractivity contribution is 7.92. The third-order valence-electron chi connectivity index (χ3n) is 6.13. The lowest BCUT2D eigenvalue weighted by Crippen LogP contribution is -2.55. The number of hydrogen-bond donors (Lipinski definition) is 0. The maximum Gasteiger partial charge on any atom is 0.416 e. The Morgan fingerprint density at radius 2 is 1.63 bits per heavy atom. The van der Waals surface area contributed by atoms with Crippen molar-refractivity contribution in [2.24, 2.45) is 5.92 Å². The van der Waals surface area contributed by atoms with Crippen LogP contribution in [0.3, 0.4) is 0 Å².